The van der Waals surface area contributed by atoms with Crippen LogP contribution in [-0.4, -0.2) is 31.5 Å². The lowest BCUT2D eigenvalue weighted by Crippen LogP contribution is -2.12. The predicted octanol–water partition coefficient (Wildman–Crippen LogP) is 3.58. The third-order valence-electron chi connectivity index (χ3n) is 4.61. The predicted molar refractivity (Wildman–Crippen MR) is 104 cm³/mol. The van der Waals surface area contributed by atoms with E-state index >= 15 is 0 Å². The highest BCUT2D eigenvalue weighted by Crippen LogP contribution is 2.31. The number of nitrogens with one attached hydrogen (secondary N) is 2. The Kier molecular flexibility index (Phi) is 4.45. The Morgan fingerprint density at radius 2 is 2.07 bits per heavy atom. The van der Waals surface area contributed by atoms with Crippen molar-refractivity contribution in [1.29, 1.82) is 0 Å². The van der Waals surface area contributed by atoms with E-state index in [-0.39, 0.29) is 5.82 Å². The number of pyridine rings is 1. The Morgan fingerprint density at radius 1 is 1.22 bits per heavy atom. The molecule has 0 atom stereocenters. The fourth-order valence-corrected chi connectivity index (χ4v) is 3.33. The van der Waals surface area contributed by atoms with Gasteiger partial charge in [-0.25, -0.2) is 4.39 Å². The molecule has 0 radical (unpaired) electrons. The van der Waals surface area contributed by atoms with E-state index in [1.165, 1.54) is 0 Å². The number of hydrogen-bond acceptors (Lipinski definition) is 4. The fraction of sp³-hybridized carbons (Fsp3) is 0.250. The molecule has 4 rings (SSSR count). The van der Waals surface area contributed by atoms with E-state index in [2.05, 4.69) is 25.6 Å². The van der Waals surface area contributed by atoms with Crippen molar-refractivity contribution >= 4 is 10.9 Å². The van der Waals surface area contributed by atoms with Gasteiger partial charge in [0.25, 0.3) is 0 Å². The standard InChI is InChI=1S/C20H21FN6/c1-4-22-8-13-5-12(2)19(16(21)6-13)17-7-15-18(10-23-17)25-26-20(15)14-9-24-27(3)11-14/h5-7,9-11,22H,4,8H2,1-3H3,(H,25,26). The van der Waals surface area contributed by atoms with Gasteiger partial charge in [0, 0.05) is 36.3 Å². The Morgan fingerprint density at radius 3 is 2.78 bits per heavy atom. The van der Waals surface area contributed by atoms with Gasteiger partial charge in [-0.05, 0) is 36.7 Å². The van der Waals surface area contributed by atoms with Crippen molar-refractivity contribution in [3.05, 3.63) is 53.7 Å². The molecule has 4 aromatic rings. The van der Waals surface area contributed by atoms with Crippen LogP contribution in [0.1, 0.15) is 18.1 Å². The molecule has 3 aromatic heterocycles. The molecular formula is C20H21FN6. The molecule has 0 fully saturated rings. The van der Waals surface area contributed by atoms with Crippen LogP contribution in [-0.2, 0) is 13.6 Å². The zero-order valence-electron chi connectivity index (χ0n) is 15.5. The maximum atomic E-state index is 14.9. The van der Waals surface area contributed by atoms with Gasteiger partial charge in [-0.1, -0.05) is 13.0 Å². The van der Waals surface area contributed by atoms with Crippen LogP contribution in [0.25, 0.3) is 33.4 Å². The van der Waals surface area contributed by atoms with Crippen molar-refractivity contribution in [3.63, 3.8) is 0 Å². The van der Waals surface area contributed by atoms with Gasteiger partial charge in [-0.15, -0.1) is 0 Å². The van der Waals surface area contributed by atoms with Gasteiger partial charge in [-0.3, -0.25) is 14.8 Å². The minimum atomic E-state index is -0.263. The molecule has 7 heteroatoms. The average molecular weight is 364 g/mol. The first kappa shape index (κ1) is 17.4. The topological polar surface area (TPSA) is 71.4 Å². The third kappa shape index (κ3) is 3.21. The number of aromatic nitrogens is 5. The van der Waals surface area contributed by atoms with Gasteiger partial charge < -0.3 is 5.32 Å². The highest BCUT2D eigenvalue weighted by Gasteiger charge is 2.16. The minimum absolute atomic E-state index is 0.263. The number of fused-ring (bicyclic) bond motifs is 1. The van der Waals surface area contributed by atoms with Crippen LogP contribution in [0.4, 0.5) is 4.39 Å². The monoisotopic (exact) mass is 364 g/mol. The zero-order valence-corrected chi connectivity index (χ0v) is 15.5. The van der Waals surface area contributed by atoms with Crippen molar-refractivity contribution in [3.8, 4) is 22.5 Å². The molecule has 0 unspecified atom stereocenters. The summed E-state index contributed by atoms with van der Waals surface area (Å²) in [7, 11) is 1.86. The number of aryl methyl sites for hydroxylation is 2. The Hall–Kier alpha value is -3.06. The van der Waals surface area contributed by atoms with Crippen LogP contribution in [0.15, 0.2) is 36.8 Å². The molecule has 6 nitrogen and oxygen atoms in total. The first-order chi connectivity index (χ1) is 13.1. The first-order valence-corrected chi connectivity index (χ1v) is 8.90. The minimum Gasteiger partial charge on any atom is -0.313 e. The molecule has 0 aliphatic heterocycles. The van der Waals surface area contributed by atoms with Crippen LogP contribution in [0.5, 0.6) is 0 Å². The fourth-order valence-electron chi connectivity index (χ4n) is 3.33. The quantitative estimate of drug-likeness (QED) is 0.568. The van der Waals surface area contributed by atoms with E-state index in [1.807, 2.05) is 39.2 Å². The summed E-state index contributed by atoms with van der Waals surface area (Å²) in [5.41, 5.74) is 5.40. The number of nitrogens with zero attached hydrogens (tertiary/aromatic N) is 4. The molecule has 0 saturated heterocycles. The van der Waals surface area contributed by atoms with E-state index in [4.69, 9.17) is 0 Å². The highest BCUT2D eigenvalue weighted by atomic mass is 19.1. The van der Waals surface area contributed by atoms with Gasteiger partial charge in [0.05, 0.1) is 23.6 Å². The van der Waals surface area contributed by atoms with Gasteiger partial charge >= 0.3 is 0 Å². The lowest BCUT2D eigenvalue weighted by atomic mass is 10.00. The Bertz CT molecular complexity index is 1090. The van der Waals surface area contributed by atoms with Crippen LogP contribution in [0.2, 0.25) is 0 Å². The van der Waals surface area contributed by atoms with Crippen molar-refractivity contribution in [2.75, 3.05) is 6.54 Å². The SMILES string of the molecule is CCNCc1cc(C)c(-c2cc3c(-c4cnn(C)c4)n[nH]c3cn2)c(F)c1. The summed E-state index contributed by atoms with van der Waals surface area (Å²) < 4.78 is 16.6. The Labute approximate surface area is 156 Å². The van der Waals surface area contributed by atoms with Gasteiger partial charge in [0.15, 0.2) is 0 Å². The number of hydrogen-bond donors (Lipinski definition) is 2. The molecule has 0 amide bonds. The first-order valence-electron chi connectivity index (χ1n) is 8.90. The highest BCUT2D eigenvalue weighted by molar-refractivity contribution is 5.94. The molecule has 3 heterocycles. The largest absolute Gasteiger partial charge is 0.313 e. The van der Waals surface area contributed by atoms with Crippen LogP contribution >= 0.6 is 0 Å². The lowest BCUT2D eigenvalue weighted by Gasteiger charge is -2.11. The summed E-state index contributed by atoms with van der Waals surface area (Å²) >= 11 is 0. The molecule has 0 spiro atoms. The molecule has 0 saturated carbocycles. The number of halogens is 1. The average Bonchev–Trinajstić information content (AvgIpc) is 3.25. The zero-order chi connectivity index (χ0) is 19.0. The summed E-state index contributed by atoms with van der Waals surface area (Å²) in [5, 5.41) is 15.7. The molecule has 138 valence electrons. The van der Waals surface area contributed by atoms with Crippen LogP contribution in [0, 0.1) is 12.7 Å². The van der Waals surface area contributed by atoms with E-state index in [9.17, 15) is 4.39 Å². The molecule has 0 aliphatic carbocycles. The van der Waals surface area contributed by atoms with Crippen LogP contribution in [0.3, 0.4) is 0 Å². The summed E-state index contributed by atoms with van der Waals surface area (Å²) in [6.07, 6.45) is 5.36. The van der Waals surface area contributed by atoms with E-state index in [1.54, 1.807) is 23.1 Å². The summed E-state index contributed by atoms with van der Waals surface area (Å²) in [5.74, 6) is -0.263. The number of aromatic amines is 1. The van der Waals surface area contributed by atoms with Crippen molar-refractivity contribution < 1.29 is 4.39 Å². The van der Waals surface area contributed by atoms with Crippen LogP contribution < -0.4 is 5.32 Å². The number of H-pyrrole nitrogens is 1. The van der Waals surface area contributed by atoms with E-state index in [0.717, 1.165) is 39.8 Å². The lowest BCUT2D eigenvalue weighted by molar-refractivity contribution is 0.623. The van der Waals surface area contributed by atoms with Crippen molar-refractivity contribution in [1.82, 2.24) is 30.3 Å². The second-order valence-electron chi connectivity index (χ2n) is 6.64. The summed E-state index contributed by atoms with van der Waals surface area (Å²) in [4.78, 5) is 4.46. The maximum Gasteiger partial charge on any atom is 0.133 e. The molecule has 27 heavy (non-hydrogen) atoms. The summed E-state index contributed by atoms with van der Waals surface area (Å²) in [6.45, 7) is 5.44. The third-order valence-corrected chi connectivity index (χ3v) is 4.61. The summed E-state index contributed by atoms with van der Waals surface area (Å²) in [6, 6.07) is 5.47. The van der Waals surface area contributed by atoms with Crippen molar-refractivity contribution in [2.45, 2.75) is 20.4 Å². The molecule has 1 aromatic carbocycles. The van der Waals surface area contributed by atoms with Gasteiger partial charge in [0.2, 0.25) is 0 Å². The molecule has 0 bridgehead atoms. The van der Waals surface area contributed by atoms with Gasteiger partial charge in [0.1, 0.15) is 11.5 Å². The molecule has 0 aliphatic rings. The van der Waals surface area contributed by atoms with Crippen molar-refractivity contribution in [2.24, 2.45) is 7.05 Å². The second-order valence-corrected chi connectivity index (χ2v) is 6.64. The Balaban J connectivity index is 1.80. The normalized spacial score (nSPS) is 11.4. The van der Waals surface area contributed by atoms with Gasteiger partial charge in [-0.2, -0.15) is 10.2 Å². The molecular weight excluding hydrogens is 343 g/mol. The maximum absolute atomic E-state index is 14.9. The number of rotatable bonds is 5. The smallest absolute Gasteiger partial charge is 0.133 e. The number of benzene rings is 1. The van der Waals surface area contributed by atoms with E-state index in [0.29, 0.717) is 17.8 Å². The van der Waals surface area contributed by atoms with E-state index < -0.39 is 0 Å². The second kappa shape index (κ2) is 6.92. The molecule has 2 N–H and O–H groups in total.